The Morgan fingerprint density at radius 3 is 2.70 bits per heavy atom. The van der Waals surface area contributed by atoms with Crippen LogP contribution >= 0.6 is 0 Å². The van der Waals surface area contributed by atoms with Gasteiger partial charge in [0.25, 0.3) is 5.91 Å². The molecule has 7 nitrogen and oxygen atoms in total. The van der Waals surface area contributed by atoms with Crippen LogP contribution in [0.3, 0.4) is 0 Å². The van der Waals surface area contributed by atoms with Gasteiger partial charge in [0, 0.05) is 37.9 Å². The number of hydrogen-bond donors (Lipinski definition) is 2. The highest BCUT2D eigenvalue weighted by Gasteiger charge is 2.33. The largest absolute Gasteiger partial charge is 0.437 e. The molecular formula is C17H18F3N5O2. The summed E-state index contributed by atoms with van der Waals surface area (Å²) in [6, 6.07) is 3.51. The highest BCUT2D eigenvalue weighted by atomic mass is 19.4. The number of amides is 1. The van der Waals surface area contributed by atoms with E-state index in [0.717, 1.165) is 6.07 Å². The molecule has 0 aliphatic carbocycles. The van der Waals surface area contributed by atoms with Crippen LogP contribution in [0.4, 0.5) is 13.2 Å². The van der Waals surface area contributed by atoms with Crippen molar-refractivity contribution < 1.29 is 22.7 Å². The lowest BCUT2D eigenvalue weighted by molar-refractivity contribution is -0.141. The number of halogens is 3. The van der Waals surface area contributed by atoms with Crippen molar-refractivity contribution in [2.45, 2.75) is 25.2 Å². The highest BCUT2D eigenvalue weighted by molar-refractivity contribution is 5.94. The predicted molar refractivity (Wildman–Crippen MR) is 89.9 cm³/mol. The van der Waals surface area contributed by atoms with Crippen LogP contribution < -0.4 is 16.2 Å². The minimum atomic E-state index is -4.63. The maximum atomic E-state index is 13.0. The summed E-state index contributed by atoms with van der Waals surface area (Å²) in [7, 11) is 0. The van der Waals surface area contributed by atoms with E-state index in [1.165, 1.54) is 24.5 Å². The first-order chi connectivity index (χ1) is 12.8. The molecule has 1 amide bonds. The molecule has 27 heavy (non-hydrogen) atoms. The number of ether oxygens (including phenoxy) is 1. The van der Waals surface area contributed by atoms with Crippen LogP contribution in [0, 0.1) is 0 Å². The van der Waals surface area contributed by atoms with Crippen molar-refractivity contribution in [3.8, 4) is 11.6 Å². The van der Waals surface area contributed by atoms with E-state index in [9.17, 15) is 18.0 Å². The van der Waals surface area contributed by atoms with Crippen molar-refractivity contribution in [2.75, 3.05) is 13.1 Å². The summed E-state index contributed by atoms with van der Waals surface area (Å²) in [5.74, 6) is -0.445. The minimum Gasteiger partial charge on any atom is -0.437 e. The molecule has 0 radical (unpaired) electrons. The van der Waals surface area contributed by atoms with E-state index in [1.807, 2.05) is 0 Å². The molecule has 3 rings (SSSR count). The zero-order chi connectivity index (χ0) is 19.6. The average molecular weight is 381 g/mol. The van der Waals surface area contributed by atoms with E-state index in [4.69, 9.17) is 16.2 Å². The summed E-state index contributed by atoms with van der Waals surface area (Å²) in [6.07, 6.45) is -1.26. The Balaban J connectivity index is 1.83. The number of carbonyl (C=O) groups is 1. The molecule has 10 heteroatoms. The van der Waals surface area contributed by atoms with Gasteiger partial charge in [-0.05, 0) is 24.1 Å². The number of alkyl halides is 3. The highest BCUT2D eigenvalue weighted by Crippen LogP contribution is 2.31. The van der Waals surface area contributed by atoms with Crippen LogP contribution in [0.5, 0.6) is 11.6 Å². The van der Waals surface area contributed by atoms with Gasteiger partial charge < -0.3 is 21.1 Å². The molecular weight excluding hydrogens is 363 g/mol. The molecule has 0 aromatic carbocycles. The number of hydrogen-bond acceptors (Lipinski definition) is 6. The lowest BCUT2D eigenvalue weighted by atomic mass is 10.2. The van der Waals surface area contributed by atoms with E-state index in [0.29, 0.717) is 19.5 Å². The minimum absolute atomic E-state index is 0.0645. The molecule has 1 atom stereocenters. The molecule has 3 heterocycles. The predicted octanol–water partition coefficient (Wildman–Crippen LogP) is 1.92. The zero-order valence-corrected chi connectivity index (χ0v) is 14.2. The molecule has 0 bridgehead atoms. The lowest BCUT2D eigenvalue weighted by Gasteiger charge is -2.16. The Morgan fingerprint density at radius 2 is 2.07 bits per heavy atom. The van der Waals surface area contributed by atoms with Gasteiger partial charge in [-0.25, -0.2) is 4.98 Å². The average Bonchev–Trinajstić information content (AvgIpc) is 3.06. The van der Waals surface area contributed by atoms with Crippen molar-refractivity contribution in [3.05, 3.63) is 47.4 Å². The number of nitrogens with zero attached hydrogens (tertiary/aromatic N) is 3. The first-order valence-electron chi connectivity index (χ1n) is 8.22. The third-order valence-corrected chi connectivity index (χ3v) is 4.08. The number of likely N-dealkylation sites (tertiary alicyclic amines) is 1. The molecule has 1 saturated heterocycles. The molecule has 144 valence electrons. The van der Waals surface area contributed by atoms with E-state index < -0.39 is 11.9 Å². The van der Waals surface area contributed by atoms with Gasteiger partial charge in [-0.3, -0.25) is 9.78 Å². The van der Waals surface area contributed by atoms with Gasteiger partial charge in [-0.15, -0.1) is 0 Å². The van der Waals surface area contributed by atoms with Gasteiger partial charge >= 0.3 is 6.18 Å². The molecule has 1 aliphatic rings. The smallest absolute Gasteiger partial charge is 0.433 e. The van der Waals surface area contributed by atoms with Crippen molar-refractivity contribution in [2.24, 2.45) is 11.5 Å². The van der Waals surface area contributed by atoms with E-state index in [-0.39, 0.29) is 41.3 Å². The van der Waals surface area contributed by atoms with Crippen molar-refractivity contribution >= 4 is 5.91 Å². The summed E-state index contributed by atoms with van der Waals surface area (Å²) in [6.45, 7) is 0.882. The van der Waals surface area contributed by atoms with E-state index >= 15 is 0 Å². The Hall–Kier alpha value is -2.72. The molecule has 1 aliphatic heterocycles. The molecule has 0 saturated carbocycles. The molecule has 1 fully saturated rings. The molecule has 2 aromatic rings. The van der Waals surface area contributed by atoms with Crippen molar-refractivity contribution in [1.29, 1.82) is 0 Å². The van der Waals surface area contributed by atoms with Crippen LogP contribution in [0.15, 0.2) is 30.6 Å². The summed E-state index contributed by atoms with van der Waals surface area (Å²) in [5, 5.41) is 0. The summed E-state index contributed by atoms with van der Waals surface area (Å²) >= 11 is 0. The Labute approximate surface area is 153 Å². The SMILES string of the molecule is NCc1cc(Oc2cncc(C(=O)N3CCC(N)C3)c2)nc(C(F)(F)F)c1. The second kappa shape index (κ2) is 7.49. The van der Waals surface area contributed by atoms with E-state index in [2.05, 4.69) is 9.97 Å². The second-order valence-electron chi connectivity index (χ2n) is 6.21. The fourth-order valence-electron chi connectivity index (χ4n) is 2.74. The molecule has 1 unspecified atom stereocenters. The van der Waals surface area contributed by atoms with Gasteiger partial charge in [-0.1, -0.05) is 0 Å². The Bertz CT molecular complexity index is 844. The van der Waals surface area contributed by atoms with Gasteiger partial charge in [-0.2, -0.15) is 13.2 Å². The Morgan fingerprint density at radius 1 is 1.30 bits per heavy atom. The number of aromatic nitrogens is 2. The monoisotopic (exact) mass is 381 g/mol. The van der Waals surface area contributed by atoms with Gasteiger partial charge in [0.05, 0.1) is 11.8 Å². The first-order valence-corrected chi connectivity index (χ1v) is 8.22. The van der Waals surface area contributed by atoms with Crippen LogP contribution in [-0.2, 0) is 12.7 Å². The number of rotatable bonds is 4. The maximum absolute atomic E-state index is 13.0. The summed E-state index contributed by atoms with van der Waals surface area (Å²) in [4.78, 5) is 21.5. The van der Waals surface area contributed by atoms with Crippen LogP contribution in [-0.4, -0.2) is 39.9 Å². The third-order valence-electron chi connectivity index (χ3n) is 4.08. The zero-order valence-electron chi connectivity index (χ0n) is 14.2. The standard InChI is InChI=1S/C17H18F3N5O2/c18-17(19,20)14-3-10(6-21)4-15(24-14)27-13-5-11(7-23-8-13)16(26)25-2-1-12(22)9-25/h3-5,7-8,12H,1-2,6,9,21-22H2. The van der Waals surface area contributed by atoms with Crippen LogP contribution in [0.1, 0.15) is 28.0 Å². The molecule has 2 aromatic heterocycles. The summed E-state index contributed by atoms with van der Waals surface area (Å²) < 4.78 is 44.3. The number of nitrogens with two attached hydrogens (primary N) is 2. The van der Waals surface area contributed by atoms with Crippen molar-refractivity contribution in [3.63, 3.8) is 0 Å². The van der Waals surface area contributed by atoms with Crippen LogP contribution in [0.25, 0.3) is 0 Å². The normalized spacial score (nSPS) is 17.2. The first kappa shape index (κ1) is 19.1. The van der Waals surface area contributed by atoms with Crippen molar-refractivity contribution in [1.82, 2.24) is 14.9 Å². The van der Waals surface area contributed by atoms with E-state index in [1.54, 1.807) is 4.90 Å². The quantitative estimate of drug-likeness (QED) is 0.838. The maximum Gasteiger partial charge on any atom is 0.433 e. The second-order valence-corrected chi connectivity index (χ2v) is 6.21. The fourth-order valence-corrected chi connectivity index (χ4v) is 2.74. The third kappa shape index (κ3) is 4.52. The van der Waals surface area contributed by atoms with Crippen LogP contribution in [0.2, 0.25) is 0 Å². The fraction of sp³-hybridized carbons (Fsp3) is 0.353. The number of carbonyl (C=O) groups excluding carboxylic acids is 1. The molecule has 0 spiro atoms. The number of pyridine rings is 2. The topological polar surface area (TPSA) is 107 Å². The van der Waals surface area contributed by atoms with Gasteiger partial charge in [0.15, 0.2) is 0 Å². The lowest BCUT2D eigenvalue weighted by Crippen LogP contribution is -2.31. The Kier molecular flexibility index (Phi) is 5.29. The molecule has 4 N–H and O–H groups in total. The summed E-state index contributed by atoms with van der Waals surface area (Å²) in [5.41, 5.74) is 10.6. The van der Waals surface area contributed by atoms with Gasteiger partial charge in [0.1, 0.15) is 11.4 Å². The van der Waals surface area contributed by atoms with Gasteiger partial charge in [0.2, 0.25) is 5.88 Å².